The molecule has 2 rings (SSSR count). The van der Waals surface area contributed by atoms with Gasteiger partial charge in [-0.1, -0.05) is 11.2 Å². The van der Waals surface area contributed by atoms with Crippen LogP contribution in [-0.4, -0.2) is 16.1 Å². The summed E-state index contributed by atoms with van der Waals surface area (Å²) in [5, 5.41) is 10.3. The predicted octanol–water partition coefficient (Wildman–Crippen LogP) is 0.371. The number of primary amides is 1. The van der Waals surface area contributed by atoms with Gasteiger partial charge in [0.25, 0.3) is 0 Å². The van der Waals surface area contributed by atoms with E-state index in [4.69, 9.17) is 15.9 Å². The summed E-state index contributed by atoms with van der Waals surface area (Å²) in [5.41, 5.74) is 11.5. The molecule has 0 bridgehead atoms. The number of hydrogen-bond acceptors (Lipinski definition) is 6. The first kappa shape index (κ1) is 11.1. The number of amides is 1. The highest BCUT2D eigenvalue weighted by molar-refractivity contribution is 5.93. The summed E-state index contributed by atoms with van der Waals surface area (Å²) in [6.45, 7) is 0.177. The van der Waals surface area contributed by atoms with E-state index in [1.807, 2.05) is 0 Å². The first-order chi connectivity index (χ1) is 8.19. The van der Waals surface area contributed by atoms with Crippen LogP contribution in [0.1, 0.15) is 16.2 Å². The van der Waals surface area contributed by atoms with Gasteiger partial charge in [0.15, 0.2) is 0 Å². The van der Waals surface area contributed by atoms with Crippen LogP contribution < -0.4 is 16.8 Å². The number of carbonyl (C=O) groups is 1. The molecule has 0 atom stereocenters. The monoisotopic (exact) mass is 233 g/mol. The van der Waals surface area contributed by atoms with Gasteiger partial charge >= 0.3 is 6.01 Å². The highest BCUT2D eigenvalue weighted by Gasteiger charge is 2.06. The SMILES string of the molecule is NCc1nnc(Nc2cccc(C(N)=O)c2)o1. The van der Waals surface area contributed by atoms with Crippen molar-refractivity contribution in [1.82, 2.24) is 10.2 Å². The van der Waals surface area contributed by atoms with E-state index in [0.717, 1.165) is 0 Å². The molecule has 0 spiro atoms. The molecule has 17 heavy (non-hydrogen) atoms. The van der Waals surface area contributed by atoms with Crippen molar-refractivity contribution in [2.75, 3.05) is 5.32 Å². The summed E-state index contributed by atoms with van der Waals surface area (Å²) in [4.78, 5) is 11.0. The molecule has 5 N–H and O–H groups in total. The van der Waals surface area contributed by atoms with Crippen molar-refractivity contribution in [3.05, 3.63) is 35.7 Å². The molecule has 0 saturated carbocycles. The summed E-state index contributed by atoms with van der Waals surface area (Å²) < 4.78 is 5.16. The fourth-order valence-electron chi connectivity index (χ4n) is 1.26. The lowest BCUT2D eigenvalue weighted by molar-refractivity contribution is 0.100. The Bertz CT molecular complexity index is 537. The lowest BCUT2D eigenvalue weighted by Crippen LogP contribution is -2.10. The number of benzene rings is 1. The molecular formula is C10H11N5O2. The molecule has 0 aliphatic rings. The molecule has 0 unspecified atom stereocenters. The van der Waals surface area contributed by atoms with Crippen LogP contribution >= 0.6 is 0 Å². The molecule has 1 aromatic carbocycles. The summed E-state index contributed by atoms with van der Waals surface area (Å²) in [6, 6.07) is 6.87. The van der Waals surface area contributed by atoms with Crippen molar-refractivity contribution >= 4 is 17.6 Å². The molecule has 0 fully saturated rings. The van der Waals surface area contributed by atoms with Crippen LogP contribution in [0.25, 0.3) is 0 Å². The van der Waals surface area contributed by atoms with Crippen LogP contribution in [0.3, 0.4) is 0 Å². The number of hydrogen-bond donors (Lipinski definition) is 3. The molecule has 1 heterocycles. The summed E-state index contributed by atoms with van der Waals surface area (Å²) in [7, 11) is 0. The summed E-state index contributed by atoms with van der Waals surface area (Å²) in [6.07, 6.45) is 0. The normalized spacial score (nSPS) is 10.2. The molecule has 0 radical (unpaired) electrons. The van der Waals surface area contributed by atoms with E-state index in [1.165, 1.54) is 0 Å². The zero-order chi connectivity index (χ0) is 12.3. The highest BCUT2D eigenvalue weighted by atomic mass is 16.4. The number of aromatic nitrogens is 2. The number of anilines is 2. The van der Waals surface area contributed by atoms with E-state index in [1.54, 1.807) is 24.3 Å². The first-order valence-corrected chi connectivity index (χ1v) is 4.88. The van der Waals surface area contributed by atoms with Crippen LogP contribution in [0.15, 0.2) is 28.7 Å². The first-order valence-electron chi connectivity index (χ1n) is 4.88. The largest absolute Gasteiger partial charge is 0.406 e. The van der Waals surface area contributed by atoms with E-state index < -0.39 is 5.91 Å². The van der Waals surface area contributed by atoms with Gasteiger partial charge in [-0.05, 0) is 18.2 Å². The second kappa shape index (κ2) is 4.62. The van der Waals surface area contributed by atoms with Crippen LogP contribution in [0.4, 0.5) is 11.7 Å². The van der Waals surface area contributed by atoms with Crippen LogP contribution in [0, 0.1) is 0 Å². The molecule has 2 aromatic rings. The van der Waals surface area contributed by atoms with Crippen molar-refractivity contribution in [2.24, 2.45) is 11.5 Å². The minimum absolute atomic E-state index is 0.177. The Morgan fingerprint density at radius 1 is 1.41 bits per heavy atom. The van der Waals surface area contributed by atoms with Crippen LogP contribution in [0.2, 0.25) is 0 Å². The quantitative estimate of drug-likeness (QED) is 0.701. The molecular weight excluding hydrogens is 222 g/mol. The van der Waals surface area contributed by atoms with E-state index in [9.17, 15) is 4.79 Å². The summed E-state index contributed by atoms with van der Waals surface area (Å²) >= 11 is 0. The maximum Gasteiger partial charge on any atom is 0.320 e. The maximum atomic E-state index is 11.0. The van der Waals surface area contributed by atoms with Gasteiger partial charge in [0.2, 0.25) is 11.8 Å². The number of carbonyl (C=O) groups excluding carboxylic acids is 1. The number of nitrogens with one attached hydrogen (secondary N) is 1. The van der Waals surface area contributed by atoms with Gasteiger partial charge in [-0.2, -0.15) is 0 Å². The fraction of sp³-hybridized carbons (Fsp3) is 0.100. The molecule has 7 heteroatoms. The van der Waals surface area contributed by atoms with Gasteiger partial charge in [-0.15, -0.1) is 5.10 Å². The van der Waals surface area contributed by atoms with Crippen molar-refractivity contribution < 1.29 is 9.21 Å². The smallest absolute Gasteiger partial charge is 0.320 e. The van der Waals surface area contributed by atoms with Gasteiger partial charge < -0.3 is 21.2 Å². The lowest BCUT2D eigenvalue weighted by Gasteiger charge is -2.02. The van der Waals surface area contributed by atoms with E-state index in [0.29, 0.717) is 17.1 Å². The van der Waals surface area contributed by atoms with E-state index in [2.05, 4.69) is 15.5 Å². The second-order valence-electron chi connectivity index (χ2n) is 3.28. The van der Waals surface area contributed by atoms with Gasteiger partial charge in [0, 0.05) is 11.3 Å². The number of nitrogens with zero attached hydrogens (tertiary/aromatic N) is 2. The van der Waals surface area contributed by atoms with Gasteiger partial charge in [0.1, 0.15) is 0 Å². The molecule has 7 nitrogen and oxygen atoms in total. The number of nitrogens with two attached hydrogens (primary N) is 2. The van der Waals surface area contributed by atoms with Crippen molar-refractivity contribution in [2.45, 2.75) is 6.54 Å². The lowest BCUT2D eigenvalue weighted by atomic mass is 10.2. The van der Waals surface area contributed by atoms with Crippen molar-refractivity contribution in [3.8, 4) is 0 Å². The van der Waals surface area contributed by atoms with Gasteiger partial charge in [0.05, 0.1) is 6.54 Å². The Hall–Kier alpha value is -2.41. The standard InChI is InChI=1S/C10H11N5O2/c11-5-8-14-15-10(17-8)13-7-3-1-2-6(4-7)9(12)16/h1-4H,5,11H2,(H2,12,16)(H,13,15). The average molecular weight is 233 g/mol. The third-order valence-corrected chi connectivity index (χ3v) is 2.04. The third kappa shape index (κ3) is 2.58. The topological polar surface area (TPSA) is 120 Å². The van der Waals surface area contributed by atoms with E-state index >= 15 is 0 Å². The summed E-state index contributed by atoms with van der Waals surface area (Å²) in [5.74, 6) is -0.166. The maximum absolute atomic E-state index is 11.0. The van der Waals surface area contributed by atoms with Gasteiger partial charge in [-0.3, -0.25) is 4.79 Å². The second-order valence-corrected chi connectivity index (χ2v) is 3.28. The van der Waals surface area contributed by atoms with Gasteiger partial charge in [-0.25, -0.2) is 0 Å². The van der Waals surface area contributed by atoms with E-state index in [-0.39, 0.29) is 12.6 Å². The van der Waals surface area contributed by atoms with Crippen LogP contribution in [0.5, 0.6) is 0 Å². The molecule has 0 aliphatic heterocycles. The van der Waals surface area contributed by atoms with Crippen molar-refractivity contribution in [1.29, 1.82) is 0 Å². The van der Waals surface area contributed by atoms with Crippen molar-refractivity contribution in [3.63, 3.8) is 0 Å². The predicted molar refractivity (Wildman–Crippen MR) is 60.4 cm³/mol. The Balaban J connectivity index is 2.18. The highest BCUT2D eigenvalue weighted by Crippen LogP contribution is 2.16. The molecule has 88 valence electrons. The molecule has 0 aliphatic carbocycles. The fourth-order valence-corrected chi connectivity index (χ4v) is 1.26. The Morgan fingerprint density at radius 2 is 2.24 bits per heavy atom. The minimum atomic E-state index is -0.498. The zero-order valence-corrected chi connectivity index (χ0v) is 8.88. The number of rotatable bonds is 4. The van der Waals surface area contributed by atoms with Crippen LogP contribution in [-0.2, 0) is 6.54 Å². The third-order valence-electron chi connectivity index (χ3n) is 2.04. The Morgan fingerprint density at radius 3 is 2.88 bits per heavy atom. The average Bonchev–Trinajstić information content (AvgIpc) is 2.77. The Labute approximate surface area is 96.8 Å². The minimum Gasteiger partial charge on any atom is -0.406 e. The molecule has 0 saturated heterocycles. The zero-order valence-electron chi connectivity index (χ0n) is 8.88. The Kier molecular flexibility index (Phi) is 3.01. The molecule has 1 aromatic heterocycles. The molecule has 1 amide bonds.